The topological polar surface area (TPSA) is 21.3 Å². The summed E-state index contributed by atoms with van der Waals surface area (Å²) in [5, 5.41) is 3.12. The first-order valence-electron chi connectivity index (χ1n) is 4.78. The minimum atomic E-state index is -2.00. The van der Waals surface area contributed by atoms with E-state index < -0.39 is 12.5 Å². The van der Waals surface area contributed by atoms with Gasteiger partial charge in [-0.25, -0.2) is 0 Å². The minimum absolute atomic E-state index is 0.569. The fourth-order valence-electron chi connectivity index (χ4n) is 1.03. The third-order valence-corrected chi connectivity index (χ3v) is 1.80. The molecule has 0 spiro atoms. The largest absolute Gasteiger partial charge is 0.378 e. The van der Waals surface area contributed by atoms with E-state index in [0.29, 0.717) is 12.8 Å². The van der Waals surface area contributed by atoms with Crippen LogP contribution >= 0.6 is 0 Å². The maximum Gasteiger partial charge on any atom is 0.0674 e. The van der Waals surface area contributed by atoms with Crippen LogP contribution in [-0.2, 0) is 4.74 Å². The summed E-state index contributed by atoms with van der Waals surface area (Å²) in [6.45, 7) is -0.539. The van der Waals surface area contributed by atoms with Crippen molar-refractivity contribution >= 4 is 0 Å². The lowest BCUT2D eigenvalue weighted by Gasteiger charge is -2.32. The average molecular weight is 132 g/mol. The molecule has 1 heterocycles. The molecule has 0 bridgehead atoms. The molecule has 1 aliphatic rings. The quantitative estimate of drug-likeness (QED) is 0.569. The summed E-state index contributed by atoms with van der Waals surface area (Å²) in [6, 6.07) is 0. The Kier molecular flexibility index (Phi) is 1.17. The van der Waals surface area contributed by atoms with Crippen LogP contribution in [0.4, 0.5) is 0 Å². The summed E-state index contributed by atoms with van der Waals surface area (Å²) >= 11 is 0. The van der Waals surface area contributed by atoms with Gasteiger partial charge in [0.2, 0.25) is 0 Å². The third kappa shape index (κ3) is 1.66. The van der Waals surface area contributed by atoms with Gasteiger partial charge in [0.05, 0.1) is 5.60 Å². The third-order valence-electron chi connectivity index (χ3n) is 1.80. The van der Waals surface area contributed by atoms with Crippen molar-refractivity contribution in [3.05, 3.63) is 0 Å². The number of nitrogens with one attached hydrogen (secondary N) is 1. The molecule has 2 heteroatoms. The van der Waals surface area contributed by atoms with Gasteiger partial charge < -0.3 is 10.1 Å². The molecule has 0 aromatic heterocycles. The van der Waals surface area contributed by atoms with Crippen LogP contribution in [0.25, 0.3) is 0 Å². The Labute approximate surface area is 60.8 Å². The highest BCUT2D eigenvalue weighted by atomic mass is 16.5. The van der Waals surface area contributed by atoms with Crippen LogP contribution in [0.3, 0.4) is 0 Å². The van der Waals surface area contributed by atoms with E-state index in [1.807, 2.05) is 0 Å². The maximum absolute atomic E-state index is 7.35. The molecule has 1 N–H and O–H groups in total. The van der Waals surface area contributed by atoms with Crippen LogP contribution in [0, 0.1) is 0 Å². The van der Waals surface area contributed by atoms with Gasteiger partial charge in [-0.05, 0) is 32.8 Å². The van der Waals surface area contributed by atoms with E-state index in [-0.39, 0.29) is 0 Å². The SMILES string of the molecule is [2H]C([2H])([2H])C1(OC)CCNCC1. The second-order valence-electron chi connectivity index (χ2n) is 2.45. The van der Waals surface area contributed by atoms with Crippen molar-refractivity contribution in [3.63, 3.8) is 0 Å². The van der Waals surface area contributed by atoms with Crippen molar-refractivity contribution in [1.82, 2.24) is 5.32 Å². The molecule has 0 saturated carbocycles. The van der Waals surface area contributed by atoms with Gasteiger partial charge in [-0.15, -0.1) is 0 Å². The predicted octanol–water partition coefficient (Wildman–Crippen LogP) is 0.775. The second-order valence-corrected chi connectivity index (χ2v) is 2.45. The number of hydrogen-bond donors (Lipinski definition) is 1. The van der Waals surface area contributed by atoms with Crippen molar-refractivity contribution in [3.8, 4) is 0 Å². The molecule has 0 aromatic carbocycles. The van der Waals surface area contributed by atoms with E-state index in [9.17, 15) is 0 Å². The van der Waals surface area contributed by atoms with Crippen LogP contribution in [0.2, 0.25) is 0 Å². The van der Waals surface area contributed by atoms with Gasteiger partial charge >= 0.3 is 0 Å². The zero-order chi connectivity index (χ0) is 9.24. The van der Waals surface area contributed by atoms with E-state index in [0.717, 1.165) is 13.1 Å². The molecule has 54 valence electrons. The molecule has 2 nitrogen and oxygen atoms in total. The number of rotatable bonds is 1. The fourth-order valence-corrected chi connectivity index (χ4v) is 1.03. The van der Waals surface area contributed by atoms with Crippen molar-refractivity contribution in [2.45, 2.75) is 25.3 Å². The molecule has 1 saturated heterocycles. The summed E-state index contributed by atoms with van der Waals surface area (Å²) in [4.78, 5) is 0. The Morgan fingerprint density at radius 3 is 2.56 bits per heavy atom. The van der Waals surface area contributed by atoms with Crippen molar-refractivity contribution in [1.29, 1.82) is 0 Å². The number of ether oxygens (including phenoxy) is 1. The standard InChI is InChI=1S/C7H15NO/c1-7(9-2)3-5-8-6-4-7/h8H,3-6H2,1-2H3/i1D3. The summed E-state index contributed by atoms with van der Waals surface area (Å²) in [6.07, 6.45) is 1.14. The van der Waals surface area contributed by atoms with Gasteiger partial charge in [-0.2, -0.15) is 0 Å². The zero-order valence-corrected chi connectivity index (χ0v) is 5.74. The first kappa shape index (κ1) is 3.94. The highest BCUT2D eigenvalue weighted by Crippen LogP contribution is 2.20. The van der Waals surface area contributed by atoms with E-state index in [1.165, 1.54) is 7.11 Å². The second kappa shape index (κ2) is 2.67. The molecule has 1 aliphatic heterocycles. The maximum atomic E-state index is 7.35. The molecule has 0 amide bonds. The molecule has 9 heavy (non-hydrogen) atoms. The minimum Gasteiger partial charge on any atom is -0.378 e. The lowest BCUT2D eigenvalue weighted by atomic mass is 9.95. The summed E-state index contributed by atoms with van der Waals surface area (Å²) in [5.41, 5.74) is -0.905. The molecule has 0 radical (unpaired) electrons. The smallest absolute Gasteiger partial charge is 0.0674 e. The molecule has 0 aliphatic carbocycles. The highest BCUT2D eigenvalue weighted by Gasteiger charge is 2.25. The molecule has 0 unspecified atom stereocenters. The lowest BCUT2D eigenvalue weighted by molar-refractivity contribution is -0.0178. The van der Waals surface area contributed by atoms with Crippen molar-refractivity contribution in [2.24, 2.45) is 0 Å². The van der Waals surface area contributed by atoms with Crippen LogP contribution < -0.4 is 5.32 Å². The monoisotopic (exact) mass is 132 g/mol. The molecule has 1 rings (SSSR count). The fraction of sp³-hybridized carbons (Fsp3) is 1.00. The predicted molar refractivity (Wildman–Crippen MR) is 37.5 cm³/mol. The van der Waals surface area contributed by atoms with Crippen LogP contribution in [-0.4, -0.2) is 25.8 Å². The molecule has 1 fully saturated rings. The highest BCUT2D eigenvalue weighted by molar-refractivity contribution is 4.80. The zero-order valence-electron chi connectivity index (χ0n) is 8.74. The van der Waals surface area contributed by atoms with E-state index >= 15 is 0 Å². The van der Waals surface area contributed by atoms with Gasteiger partial charge in [-0.1, -0.05) is 0 Å². The first-order valence-corrected chi connectivity index (χ1v) is 3.28. The Balaban J connectivity index is 2.73. The van der Waals surface area contributed by atoms with Crippen molar-refractivity contribution < 1.29 is 8.85 Å². The molecule has 0 aromatic rings. The Morgan fingerprint density at radius 1 is 1.56 bits per heavy atom. The van der Waals surface area contributed by atoms with Gasteiger partial charge in [0, 0.05) is 11.2 Å². The normalized spacial score (nSPS) is 32.3. The average Bonchev–Trinajstić information content (AvgIpc) is 2.04. The summed E-state index contributed by atoms with van der Waals surface area (Å²) in [7, 11) is 1.48. The number of hydrogen-bond acceptors (Lipinski definition) is 2. The molecule has 0 atom stereocenters. The van der Waals surface area contributed by atoms with Gasteiger partial charge in [-0.3, -0.25) is 0 Å². The Bertz CT molecular complexity index is 151. The Morgan fingerprint density at radius 2 is 2.22 bits per heavy atom. The van der Waals surface area contributed by atoms with E-state index in [4.69, 9.17) is 8.85 Å². The van der Waals surface area contributed by atoms with Gasteiger partial charge in [0.15, 0.2) is 0 Å². The first-order chi connectivity index (χ1) is 5.52. The van der Waals surface area contributed by atoms with E-state index in [2.05, 4.69) is 5.32 Å². The number of methoxy groups -OCH3 is 1. The van der Waals surface area contributed by atoms with Gasteiger partial charge in [0.25, 0.3) is 0 Å². The Hall–Kier alpha value is -0.0800. The lowest BCUT2D eigenvalue weighted by Crippen LogP contribution is -2.40. The molecular weight excluding hydrogens is 114 g/mol. The van der Waals surface area contributed by atoms with E-state index in [1.54, 1.807) is 0 Å². The van der Waals surface area contributed by atoms with Crippen molar-refractivity contribution in [2.75, 3.05) is 20.2 Å². The van der Waals surface area contributed by atoms with Gasteiger partial charge in [0.1, 0.15) is 0 Å². The summed E-state index contributed by atoms with van der Waals surface area (Å²) in [5.74, 6) is 0. The number of piperidine rings is 1. The van der Waals surface area contributed by atoms with Crippen LogP contribution in [0.15, 0.2) is 0 Å². The van der Waals surface area contributed by atoms with Crippen LogP contribution in [0.1, 0.15) is 23.8 Å². The molecular formula is C7H15NO. The van der Waals surface area contributed by atoms with Crippen LogP contribution in [0.5, 0.6) is 0 Å². The summed E-state index contributed by atoms with van der Waals surface area (Å²) < 4.78 is 27.2.